The largest absolute Gasteiger partial charge is 0.386 e. The Labute approximate surface area is 106 Å². The Morgan fingerprint density at radius 1 is 1.39 bits per heavy atom. The molecule has 0 fully saturated rings. The smallest absolute Gasteiger partial charge is 0.129 e. The first-order valence-corrected chi connectivity index (χ1v) is 6.15. The number of aliphatic hydroxyl groups is 1. The summed E-state index contributed by atoms with van der Waals surface area (Å²) >= 11 is 0. The van der Waals surface area contributed by atoms with E-state index in [1.165, 1.54) is 6.07 Å². The summed E-state index contributed by atoms with van der Waals surface area (Å²) in [6, 6.07) is 6.31. The maximum Gasteiger partial charge on any atom is 0.129 e. The molecule has 0 amide bonds. The fraction of sp³-hybridized carbons (Fsp3) is 0.357. The fourth-order valence-corrected chi connectivity index (χ4v) is 1.99. The summed E-state index contributed by atoms with van der Waals surface area (Å²) < 4.78 is 15.4. The van der Waals surface area contributed by atoms with Crippen LogP contribution in [0.2, 0.25) is 0 Å². The third-order valence-corrected chi connectivity index (χ3v) is 2.91. The molecule has 1 atom stereocenters. The highest BCUT2D eigenvalue weighted by molar-refractivity contribution is 5.19. The molecule has 1 N–H and O–H groups in total. The normalized spacial score (nSPS) is 12.6. The molecule has 2 aromatic rings. The van der Waals surface area contributed by atoms with Crippen LogP contribution in [0.1, 0.15) is 30.8 Å². The highest BCUT2D eigenvalue weighted by atomic mass is 19.1. The van der Waals surface area contributed by atoms with Crippen molar-refractivity contribution in [3.8, 4) is 0 Å². The van der Waals surface area contributed by atoms with Crippen molar-refractivity contribution in [3.05, 3.63) is 53.9 Å². The lowest BCUT2D eigenvalue weighted by Crippen LogP contribution is -2.12. The van der Waals surface area contributed by atoms with E-state index in [0.29, 0.717) is 12.1 Å². The van der Waals surface area contributed by atoms with Gasteiger partial charge in [0.05, 0.1) is 12.6 Å². The second-order valence-electron chi connectivity index (χ2n) is 4.28. The zero-order chi connectivity index (χ0) is 13.0. The average molecular weight is 248 g/mol. The molecule has 0 saturated carbocycles. The van der Waals surface area contributed by atoms with Gasteiger partial charge in [-0.1, -0.05) is 25.1 Å². The van der Waals surface area contributed by atoms with Gasteiger partial charge in [0.25, 0.3) is 0 Å². The van der Waals surface area contributed by atoms with Crippen LogP contribution >= 0.6 is 0 Å². The number of aromatic nitrogens is 2. The fourth-order valence-electron chi connectivity index (χ4n) is 1.99. The Balaban J connectivity index is 2.14. The van der Waals surface area contributed by atoms with E-state index in [9.17, 15) is 9.50 Å². The van der Waals surface area contributed by atoms with E-state index in [-0.39, 0.29) is 5.82 Å². The van der Waals surface area contributed by atoms with Crippen LogP contribution in [0.25, 0.3) is 0 Å². The summed E-state index contributed by atoms with van der Waals surface area (Å²) in [6.45, 7) is 2.41. The minimum absolute atomic E-state index is 0.327. The van der Waals surface area contributed by atoms with Crippen molar-refractivity contribution in [2.45, 2.75) is 32.4 Å². The lowest BCUT2D eigenvalue weighted by atomic mass is 10.1. The molecule has 1 aromatic heterocycles. The van der Waals surface area contributed by atoms with Crippen molar-refractivity contribution in [1.82, 2.24) is 9.55 Å². The second kappa shape index (κ2) is 5.78. The molecule has 0 aliphatic heterocycles. The lowest BCUT2D eigenvalue weighted by Gasteiger charge is -2.14. The summed E-state index contributed by atoms with van der Waals surface area (Å²) in [5.41, 5.74) is 0.327. The molecule has 3 nitrogen and oxygen atoms in total. The van der Waals surface area contributed by atoms with E-state index < -0.39 is 6.10 Å². The SMILES string of the molecule is CCCc1nccn1CC(O)c1ccccc1F. The Morgan fingerprint density at radius 3 is 2.89 bits per heavy atom. The molecule has 96 valence electrons. The van der Waals surface area contributed by atoms with E-state index in [2.05, 4.69) is 11.9 Å². The number of benzene rings is 1. The monoisotopic (exact) mass is 248 g/mol. The van der Waals surface area contributed by atoms with Crippen molar-refractivity contribution < 1.29 is 9.50 Å². The summed E-state index contributed by atoms with van der Waals surface area (Å²) in [4.78, 5) is 4.23. The Hall–Kier alpha value is -1.68. The van der Waals surface area contributed by atoms with Gasteiger partial charge in [-0.2, -0.15) is 0 Å². The highest BCUT2D eigenvalue weighted by Crippen LogP contribution is 2.19. The molecule has 1 heterocycles. The Bertz CT molecular complexity index is 510. The number of rotatable bonds is 5. The lowest BCUT2D eigenvalue weighted by molar-refractivity contribution is 0.151. The predicted molar refractivity (Wildman–Crippen MR) is 67.6 cm³/mol. The van der Waals surface area contributed by atoms with Crippen LogP contribution in [-0.2, 0) is 13.0 Å². The first kappa shape index (κ1) is 12.8. The minimum atomic E-state index is -0.851. The van der Waals surface area contributed by atoms with Crippen LogP contribution in [0.5, 0.6) is 0 Å². The van der Waals surface area contributed by atoms with Crippen molar-refractivity contribution in [3.63, 3.8) is 0 Å². The third-order valence-electron chi connectivity index (χ3n) is 2.91. The van der Waals surface area contributed by atoms with Crippen molar-refractivity contribution >= 4 is 0 Å². The number of aliphatic hydroxyl groups excluding tert-OH is 1. The van der Waals surface area contributed by atoms with Gasteiger partial charge in [0, 0.05) is 24.4 Å². The molecule has 0 spiro atoms. The summed E-state index contributed by atoms with van der Waals surface area (Å²) in [5, 5.41) is 10.1. The molecule has 0 aliphatic carbocycles. The molecule has 0 radical (unpaired) electrons. The highest BCUT2D eigenvalue weighted by Gasteiger charge is 2.14. The summed E-state index contributed by atoms with van der Waals surface area (Å²) in [6.07, 6.45) is 4.52. The molecule has 1 unspecified atom stereocenters. The molecule has 0 aliphatic rings. The van der Waals surface area contributed by atoms with Gasteiger partial charge in [0.2, 0.25) is 0 Å². The summed E-state index contributed by atoms with van der Waals surface area (Å²) in [7, 11) is 0. The van der Waals surface area contributed by atoms with Gasteiger partial charge in [-0.3, -0.25) is 0 Å². The topological polar surface area (TPSA) is 38.0 Å². The van der Waals surface area contributed by atoms with Crippen molar-refractivity contribution in [2.24, 2.45) is 0 Å². The quantitative estimate of drug-likeness (QED) is 0.883. The van der Waals surface area contributed by atoms with E-state index in [0.717, 1.165) is 18.7 Å². The van der Waals surface area contributed by atoms with Gasteiger partial charge in [0.1, 0.15) is 11.6 Å². The Kier molecular flexibility index (Phi) is 4.10. The maximum absolute atomic E-state index is 13.5. The van der Waals surface area contributed by atoms with Crippen LogP contribution in [-0.4, -0.2) is 14.7 Å². The predicted octanol–water partition coefficient (Wildman–Crippen LogP) is 2.71. The number of aryl methyl sites for hydroxylation is 1. The second-order valence-corrected chi connectivity index (χ2v) is 4.28. The minimum Gasteiger partial charge on any atom is -0.386 e. The van der Waals surface area contributed by atoms with Gasteiger partial charge < -0.3 is 9.67 Å². The van der Waals surface area contributed by atoms with Gasteiger partial charge in [0.15, 0.2) is 0 Å². The van der Waals surface area contributed by atoms with E-state index in [1.807, 2.05) is 10.8 Å². The number of hydrogen-bond acceptors (Lipinski definition) is 2. The van der Waals surface area contributed by atoms with Gasteiger partial charge >= 0.3 is 0 Å². The first-order chi connectivity index (χ1) is 8.72. The van der Waals surface area contributed by atoms with Crippen LogP contribution in [0.4, 0.5) is 4.39 Å². The molecule has 0 saturated heterocycles. The number of nitrogens with zero attached hydrogens (tertiary/aromatic N) is 2. The zero-order valence-electron chi connectivity index (χ0n) is 10.4. The van der Waals surface area contributed by atoms with E-state index in [4.69, 9.17) is 0 Å². The first-order valence-electron chi connectivity index (χ1n) is 6.15. The number of hydrogen-bond donors (Lipinski definition) is 1. The standard InChI is InChI=1S/C14H17FN2O/c1-2-5-14-16-8-9-17(14)10-13(18)11-6-3-4-7-12(11)15/h3-4,6-9,13,18H,2,5,10H2,1H3. The maximum atomic E-state index is 13.5. The molecule has 0 bridgehead atoms. The van der Waals surface area contributed by atoms with Crippen LogP contribution < -0.4 is 0 Å². The number of halogens is 1. The van der Waals surface area contributed by atoms with Gasteiger partial charge in [-0.05, 0) is 12.5 Å². The molecular weight excluding hydrogens is 231 g/mol. The molecular formula is C14H17FN2O. The van der Waals surface area contributed by atoms with Gasteiger partial charge in [-0.25, -0.2) is 9.37 Å². The van der Waals surface area contributed by atoms with E-state index in [1.54, 1.807) is 24.4 Å². The molecule has 1 aromatic carbocycles. The molecule has 4 heteroatoms. The van der Waals surface area contributed by atoms with Crippen molar-refractivity contribution in [1.29, 1.82) is 0 Å². The third kappa shape index (κ3) is 2.76. The van der Waals surface area contributed by atoms with Gasteiger partial charge in [-0.15, -0.1) is 0 Å². The molecule has 18 heavy (non-hydrogen) atoms. The van der Waals surface area contributed by atoms with E-state index >= 15 is 0 Å². The van der Waals surface area contributed by atoms with Crippen LogP contribution in [0.15, 0.2) is 36.7 Å². The van der Waals surface area contributed by atoms with Crippen LogP contribution in [0, 0.1) is 5.82 Å². The van der Waals surface area contributed by atoms with Crippen molar-refractivity contribution in [2.75, 3.05) is 0 Å². The zero-order valence-corrected chi connectivity index (χ0v) is 10.4. The number of imidazole rings is 1. The Morgan fingerprint density at radius 2 is 2.17 bits per heavy atom. The summed E-state index contributed by atoms with van der Waals surface area (Å²) in [5.74, 6) is 0.551. The van der Waals surface area contributed by atoms with Crippen LogP contribution in [0.3, 0.4) is 0 Å². The molecule has 2 rings (SSSR count). The average Bonchev–Trinajstić information content (AvgIpc) is 2.78.